The van der Waals surface area contributed by atoms with Crippen molar-refractivity contribution in [1.82, 2.24) is 4.57 Å². The number of halogens is 3. The lowest BCUT2D eigenvalue weighted by molar-refractivity contribution is -0.113. The van der Waals surface area contributed by atoms with E-state index in [4.69, 9.17) is 14.5 Å². The summed E-state index contributed by atoms with van der Waals surface area (Å²) in [6.45, 7) is 4.22. The van der Waals surface area contributed by atoms with Gasteiger partial charge in [-0.2, -0.15) is 0 Å². The minimum Gasteiger partial charge on any atom is -0.494 e. The summed E-state index contributed by atoms with van der Waals surface area (Å²) in [5.74, 6) is 0.499. The Hall–Kier alpha value is -4.07. The number of anilines is 1. The molecule has 1 aliphatic heterocycles. The lowest BCUT2D eigenvalue weighted by Gasteiger charge is -2.25. The molecule has 1 amide bonds. The van der Waals surface area contributed by atoms with Gasteiger partial charge in [0.25, 0.3) is 11.5 Å². The molecular weight excluding hydrogens is 796 g/mol. The maximum atomic E-state index is 14.4. The van der Waals surface area contributed by atoms with E-state index in [1.807, 2.05) is 61.5 Å². The van der Waals surface area contributed by atoms with Crippen LogP contribution in [0.4, 0.5) is 10.1 Å². The normalized spacial score (nSPS) is 14.4. The van der Waals surface area contributed by atoms with E-state index in [-0.39, 0.29) is 23.9 Å². The van der Waals surface area contributed by atoms with E-state index in [0.717, 1.165) is 13.6 Å². The van der Waals surface area contributed by atoms with Crippen LogP contribution in [0.5, 0.6) is 11.5 Å². The molecule has 0 unspecified atom stereocenters. The molecule has 0 bridgehead atoms. The van der Waals surface area contributed by atoms with Gasteiger partial charge in [0.2, 0.25) is 0 Å². The van der Waals surface area contributed by atoms with Crippen molar-refractivity contribution < 1.29 is 18.7 Å². The Morgan fingerprint density at radius 3 is 2.51 bits per heavy atom. The summed E-state index contributed by atoms with van der Waals surface area (Å²) >= 11 is 6.95. The molecule has 1 N–H and O–H groups in total. The summed E-state index contributed by atoms with van der Waals surface area (Å²) < 4.78 is 29.7. The fourth-order valence-electron chi connectivity index (χ4n) is 5.31. The van der Waals surface area contributed by atoms with Crippen molar-refractivity contribution in [2.75, 3.05) is 11.9 Å². The van der Waals surface area contributed by atoms with E-state index in [0.29, 0.717) is 55.5 Å². The van der Waals surface area contributed by atoms with Crippen LogP contribution in [0.1, 0.15) is 36.6 Å². The molecule has 1 atom stereocenters. The molecule has 0 spiro atoms. The van der Waals surface area contributed by atoms with Crippen molar-refractivity contribution in [3.63, 3.8) is 0 Å². The van der Waals surface area contributed by atoms with Gasteiger partial charge in [-0.05, 0) is 90.5 Å². The Morgan fingerprint density at radius 1 is 1.06 bits per heavy atom. The summed E-state index contributed by atoms with van der Waals surface area (Å²) in [6.07, 6.45) is 1.76. The third kappa shape index (κ3) is 7.12. The number of thiazole rings is 1. The van der Waals surface area contributed by atoms with Crippen LogP contribution in [0, 0.1) is 9.39 Å². The molecule has 5 aromatic rings. The highest BCUT2D eigenvalue weighted by Gasteiger charge is 2.32. The molecule has 0 fully saturated rings. The van der Waals surface area contributed by atoms with Gasteiger partial charge in [0.1, 0.15) is 23.9 Å². The number of aromatic nitrogens is 1. The van der Waals surface area contributed by atoms with Crippen LogP contribution in [0.2, 0.25) is 0 Å². The number of hydrogen-bond acceptors (Lipinski definition) is 6. The number of nitrogens with zero attached hydrogens (tertiary/aromatic N) is 2. The van der Waals surface area contributed by atoms with Crippen LogP contribution in [-0.2, 0) is 11.4 Å². The Balaban J connectivity index is 1.46. The summed E-state index contributed by atoms with van der Waals surface area (Å²) in [6, 6.07) is 26.0. The maximum Gasteiger partial charge on any atom is 0.271 e. The van der Waals surface area contributed by atoms with Crippen molar-refractivity contribution in [3.05, 3.63) is 153 Å². The summed E-state index contributed by atoms with van der Waals surface area (Å²) in [5, 5.41) is 2.97. The fourth-order valence-corrected chi connectivity index (χ4v) is 8.05. The van der Waals surface area contributed by atoms with Crippen molar-refractivity contribution in [3.8, 4) is 11.5 Å². The highest BCUT2D eigenvalue weighted by molar-refractivity contribution is 14.1. The molecule has 47 heavy (non-hydrogen) atoms. The summed E-state index contributed by atoms with van der Waals surface area (Å²) in [5.41, 5.74) is 3.00. The van der Waals surface area contributed by atoms with Gasteiger partial charge in [0.05, 0.1) is 32.0 Å². The molecule has 0 saturated heterocycles. The average Bonchev–Trinajstić information content (AvgIpc) is 3.35. The Kier molecular flexibility index (Phi) is 10.0. The molecule has 6 rings (SSSR count). The number of benzene rings is 4. The van der Waals surface area contributed by atoms with Crippen molar-refractivity contribution in [2.45, 2.75) is 26.5 Å². The lowest BCUT2D eigenvalue weighted by atomic mass is 9.95. The molecule has 0 radical (unpaired) electrons. The van der Waals surface area contributed by atoms with Crippen molar-refractivity contribution >= 4 is 67.5 Å². The first-order valence-electron chi connectivity index (χ1n) is 14.7. The molecule has 1 aliphatic rings. The third-order valence-electron chi connectivity index (χ3n) is 7.46. The van der Waals surface area contributed by atoms with E-state index in [9.17, 15) is 14.0 Å². The Labute approximate surface area is 296 Å². The number of ether oxygens (including phenoxy) is 2. The number of para-hydroxylation sites is 1. The number of allylic oxidation sites excluding steroid dienone is 1. The predicted octanol–water partition coefficient (Wildman–Crippen LogP) is 7.36. The first-order valence-corrected chi connectivity index (χ1v) is 17.4. The fraction of sp³-hybridized carbons (Fsp3) is 0.139. The molecule has 0 aliphatic carbocycles. The molecule has 7 nitrogen and oxygen atoms in total. The monoisotopic (exact) mass is 823 g/mol. The number of nitrogens with one attached hydrogen (secondary N) is 1. The van der Waals surface area contributed by atoms with E-state index >= 15 is 0 Å². The molecular formula is C36H28BrFIN3O4S. The van der Waals surface area contributed by atoms with Gasteiger partial charge in [-0.1, -0.05) is 75.8 Å². The molecule has 11 heteroatoms. The second-order valence-corrected chi connectivity index (χ2v) is 13.7. The molecule has 238 valence electrons. The van der Waals surface area contributed by atoms with Gasteiger partial charge in [-0.3, -0.25) is 14.2 Å². The highest BCUT2D eigenvalue weighted by atomic mass is 127. The van der Waals surface area contributed by atoms with Gasteiger partial charge in [0, 0.05) is 21.3 Å². The number of fused-ring (bicyclic) bond motifs is 1. The summed E-state index contributed by atoms with van der Waals surface area (Å²) in [4.78, 5) is 33.4. The summed E-state index contributed by atoms with van der Waals surface area (Å²) in [7, 11) is 0. The van der Waals surface area contributed by atoms with Crippen LogP contribution in [0.3, 0.4) is 0 Å². The minimum atomic E-state index is -0.743. The Morgan fingerprint density at radius 2 is 1.79 bits per heavy atom. The maximum absolute atomic E-state index is 14.4. The SMILES string of the molecule is CCOc1ccc([C@H]2C(C(=O)Nc3ccccc3)=C(C)N=c3s/c(=C\c4cc(Br)cc(I)c4OCc4ccccc4F)c(=O)n32)cc1. The number of amides is 1. The van der Waals surface area contributed by atoms with E-state index in [2.05, 4.69) is 43.8 Å². The molecule has 4 aromatic carbocycles. The first-order chi connectivity index (χ1) is 22.7. The van der Waals surface area contributed by atoms with Crippen LogP contribution in [-0.4, -0.2) is 17.1 Å². The zero-order valence-corrected chi connectivity index (χ0v) is 29.9. The number of carbonyl (C=O) groups excluding carboxylic acids is 1. The van der Waals surface area contributed by atoms with Crippen LogP contribution < -0.4 is 29.7 Å². The van der Waals surface area contributed by atoms with Gasteiger partial charge in [-0.25, -0.2) is 9.38 Å². The topological polar surface area (TPSA) is 81.9 Å². The van der Waals surface area contributed by atoms with Crippen LogP contribution in [0.15, 0.2) is 117 Å². The largest absolute Gasteiger partial charge is 0.494 e. The van der Waals surface area contributed by atoms with Crippen molar-refractivity contribution in [2.24, 2.45) is 4.99 Å². The molecule has 2 heterocycles. The number of hydrogen-bond donors (Lipinski definition) is 1. The zero-order valence-electron chi connectivity index (χ0n) is 25.3. The average molecular weight is 825 g/mol. The van der Waals surface area contributed by atoms with Crippen LogP contribution >= 0.6 is 49.9 Å². The quantitative estimate of drug-likeness (QED) is 0.158. The minimum absolute atomic E-state index is 0.0171. The second kappa shape index (κ2) is 14.4. The van der Waals surface area contributed by atoms with E-state index in [1.165, 1.54) is 17.4 Å². The van der Waals surface area contributed by atoms with Gasteiger partial charge < -0.3 is 14.8 Å². The smallest absolute Gasteiger partial charge is 0.271 e. The van der Waals surface area contributed by atoms with Gasteiger partial charge in [-0.15, -0.1) is 0 Å². The zero-order chi connectivity index (χ0) is 33.1. The number of carbonyl (C=O) groups is 1. The van der Waals surface area contributed by atoms with E-state index in [1.54, 1.807) is 47.9 Å². The molecule has 0 saturated carbocycles. The second-order valence-electron chi connectivity index (χ2n) is 10.6. The molecule has 1 aromatic heterocycles. The highest BCUT2D eigenvalue weighted by Crippen LogP contribution is 2.33. The van der Waals surface area contributed by atoms with Gasteiger partial charge in [0.15, 0.2) is 4.80 Å². The number of rotatable bonds is 9. The van der Waals surface area contributed by atoms with Gasteiger partial charge >= 0.3 is 0 Å². The van der Waals surface area contributed by atoms with Crippen molar-refractivity contribution in [1.29, 1.82) is 0 Å². The Bertz CT molecular complexity index is 2180. The third-order valence-corrected chi connectivity index (χ3v) is 9.70. The first kappa shape index (κ1) is 32.9. The lowest BCUT2D eigenvalue weighted by Crippen LogP contribution is -2.40. The standard InChI is InChI=1S/C36H28BrFIN3O4S/c1-3-45-27-15-13-22(14-16-27)32-31(34(43)41-26-10-5-4-6-11-26)21(2)40-36-42(32)35(44)30(47-36)18-24-17-25(37)19-29(39)33(24)46-20-23-9-7-8-12-28(23)38/h4-19,32H,3,20H2,1-2H3,(H,41,43)/b30-18-/t32-/m0/s1. The predicted molar refractivity (Wildman–Crippen MR) is 194 cm³/mol. The van der Waals surface area contributed by atoms with E-state index < -0.39 is 6.04 Å². The van der Waals surface area contributed by atoms with Crippen LogP contribution in [0.25, 0.3) is 6.08 Å².